The van der Waals surface area contributed by atoms with Crippen molar-refractivity contribution in [2.24, 2.45) is 0 Å². The lowest BCUT2D eigenvalue weighted by Gasteiger charge is -2.37. The van der Waals surface area contributed by atoms with Gasteiger partial charge in [-0.05, 0) is 49.9 Å². The molecule has 1 aromatic carbocycles. The van der Waals surface area contributed by atoms with Gasteiger partial charge < -0.3 is 15.1 Å². The number of urea groups is 1. The van der Waals surface area contributed by atoms with Crippen LogP contribution >= 0.6 is 0 Å². The minimum Gasteiger partial charge on any atom is -0.368 e. The van der Waals surface area contributed by atoms with Crippen molar-refractivity contribution in [3.8, 4) is 0 Å². The van der Waals surface area contributed by atoms with Gasteiger partial charge in [0, 0.05) is 37.9 Å². The Labute approximate surface area is 146 Å². The van der Waals surface area contributed by atoms with Crippen molar-refractivity contribution in [3.63, 3.8) is 0 Å². The summed E-state index contributed by atoms with van der Waals surface area (Å²) in [7, 11) is 0. The van der Waals surface area contributed by atoms with Crippen LogP contribution in [0.5, 0.6) is 0 Å². The molecule has 0 unspecified atom stereocenters. The number of rotatable bonds is 2. The van der Waals surface area contributed by atoms with Gasteiger partial charge in [0.15, 0.2) is 0 Å². The average Bonchev–Trinajstić information content (AvgIpc) is 2.83. The van der Waals surface area contributed by atoms with Gasteiger partial charge in [0.1, 0.15) is 0 Å². The minimum atomic E-state index is 0.141. The molecule has 4 heteroatoms. The van der Waals surface area contributed by atoms with Gasteiger partial charge in [-0.15, -0.1) is 0 Å². The maximum Gasteiger partial charge on any atom is 0.317 e. The number of hydrogen-bond acceptors (Lipinski definition) is 2. The van der Waals surface area contributed by atoms with Crippen LogP contribution in [0.1, 0.15) is 49.7 Å². The largest absolute Gasteiger partial charge is 0.368 e. The summed E-state index contributed by atoms with van der Waals surface area (Å²) in [5, 5.41) is 3.27. The number of carbonyl (C=O) groups is 1. The summed E-state index contributed by atoms with van der Waals surface area (Å²) < 4.78 is 0. The Bertz CT molecular complexity index is 536. The quantitative estimate of drug-likeness (QED) is 0.836. The van der Waals surface area contributed by atoms with E-state index in [0.717, 1.165) is 39.0 Å². The number of nitrogens with zero attached hydrogens (tertiary/aromatic N) is 2. The number of piperazine rings is 1. The maximum atomic E-state index is 12.5. The van der Waals surface area contributed by atoms with Crippen LogP contribution in [0.2, 0.25) is 0 Å². The van der Waals surface area contributed by atoms with Crippen molar-refractivity contribution < 1.29 is 4.79 Å². The Morgan fingerprint density at radius 2 is 1.50 bits per heavy atom. The molecule has 3 rings (SSSR count). The monoisotopic (exact) mass is 329 g/mol. The topological polar surface area (TPSA) is 35.6 Å². The highest BCUT2D eigenvalue weighted by molar-refractivity contribution is 5.75. The molecule has 0 bridgehead atoms. The molecule has 1 aliphatic heterocycles. The minimum absolute atomic E-state index is 0.141. The number of carbonyl (C=O) groups excluding carboxylic acids is 1. The molecule has 0 spiro atoms. The second-order valence-corrected chi connectivity index (χ2v) is 7.46. The lowest BCUT2D eigenvalue weighted by molar-refractivity contribution is 0.189. The standard InChI is InChI=1S/C20H31N3O/c1-16-13-17(2)15-19(14-16)22-9-11-23(12-10-22)20(24)21-18-7-5-3-4-6-8-18/h13-15,18H,3-12H2,1-2H3,(H,21,24). The Kier molecular flexibility index (Phi) is 5.64. The van der Waals surface area contributed by atoms with Crippen LogP contribution in [0, 0.1) is 13.8 Å². The smallest absolute Gasteiger partial charge is 0.317 e. The molecule has 1 saturated carbocycles. The second-order valence-electron chi connectivity index (χ2n) is 7.46. The lowest BCUT2D eigenvalue weighted by atomic mass is 10.1. The summed E-state index contributed by atoms with van der Waals surface area (Å²) in [5.41, 5.74) is 3.90. The third-order valence-corrected chi connectivity index (χ3v) is 5.32. The molecule has 1 heterocycles. The van der Waals surface area contributed by atoms with Gasteiger partial charge in [-0.3, -0.25) is 0 Å². The second kappa shape index (κ2) is 7.91. The van der Waals surface area contributed by atoms with E-state index in [0.29, 0.717) is 6.04 Å². The average molecular weight is 329 g/mol. The van der Waals surface area contributed by atoms with Crippen LogP contribution in [0.15, 0.2) is 18.2 Å². The first-order chi connectivity index (χ1) is 11.6. The van der Waals surface area contributed by atoms with Gasteiger partial charge in [-0.2, -0.15) is 0 Å². The molecule has 1 aromatic rings. The summed E-state index contributed by atoms with van der Waals surface area (Å²) in [4.78, 5) is 16.9. The molecular formula is C20H31N3O. The van der Waals surface area contributed by atoms with E-state index in [1.807, 2.05) is 4.90 Å². The molecule has 2 aliphatic rings. The van der Waals surface area contributed by atoms with Gasteiger partial charge in [0.25, 0.3) is 0 Å². The summed E-state index contributed by atoms with van der Waals surface area (Å²) in [6.07, 6.45) is 7.45. The highest BCUT2D eigenvalue weighted by atomic mass is 16.2. The Morgan fingerprint density at radius 1 is 0.917 bits per heavy atom. The zero-order chi connectivity index (χ0) is 16.9. The zero-order valence-electron chi connectivity index (χ0n) is 15.2. The van der Waals surface area contributed by atoms with Crippen molar-refractivity contribution in [2.45, 2.75) is 58.4 Å². The number of hydrogen-bond donors (Lipinski definition) is 1. The summed E-state index contributed by atoms with van der Waals surface area (Å²) in [6, 6.07) is 7.22. The van der Waals surface area contributed by atoms with E-state index in [4.69, 9.17) is 0 Å². The fourth-order valence-corrected chi connectivity index (χ4v) is 3.99. The fourth-order valence-electron chi connectivity index (χ4n) is 3.99. The third kappa shape index (κ3) is 4.43. The Balaban J connectivity index is 1.51. The molecule has 1 aliphatic carbocycles. The third-order valence-electron chi connectivity index (χ3n) is 5.32. The van der Waals surface area contributed by atoms with E-state index < -0.39 is 0 Å². The van der Waals surface area contributed by atoms with E-state index >= 15 is 0 Å². The summed E-state index contributed by atoms with van der Waals surface area (Å²) >= 11 is 0. The molecule has 4 nitrogen and oxygen atoms in total. The molecule has 24 heavy (non-hydrogen) atoms. The molecule has 1 N–H and O–H groups in total. The van der Waals surface area contributed by atoms with E-state index in [1.54, 1.807) is 0 Å². The first-order valence-corrected chi connectivity index (χ1v) is 9.50. The van der Waals surface area contributed by atoms with E-state index in [2.05, 4.69) is 42.3 Å². The number of anilines is 1. The van der Waals surface area contributed by atoms with E-state index in [9.17, 15) is 4.79 Å². The predicted octanol–water partition coefficient (Wildman–Crippen LogP) is 3.86. The molecule has 0 atom stereocenters. The number of amides is 2. The molecule has 1 saturated heterocycles. The zero-order valence-corrected chi connectivity index (χ0v) is 15.2. The SMILES string of the molecule is Cc1cc(C)cc(N2CCN(C(=O)NC3CCCCCC3)CC2)c1. The first-order valence-electron chi connectivity index (χ1n) is 9.50. The van der Waals surface area contributed by atoms with E-state index in [-0.39, 0.29) is 6.03 Å². The predicted molar refractivity (Wildman–Crippen MR) is 99.7 cm³/mol. The summed E-state index contributed by atoms with van der Waals surface area (Å²) in [6.45, 7) is 7.75. The van der Waals surface area contributed by atoms with Crippen molar-refractivity contribution in [1.82, 2.24) is 10.2 Å². The molecule has 0 radical (unpaired) electrons. The van der Waals surface area contributed by atoms with Crippen molar-refractivity contribution in [3.05, 3.63) is 29.3 Å². The number of aryl methyl sites for hydroxylation is 2. The molecule has 2 fully saturated rings. The highest BCUT2D eigenvalue weighted by Gasteiger charge is 2.23. The van der Waals surface area contributed by atoms with Gasteiger partial charge in [-0.25, -0.2) is 4.79 Å². The van der Waals surface area contributed by atoms with Crippen LogP contribution in [0.3, 0.4) is 0 Å². The van der Waals surface area contributed by atoms with Crippen LogP contribution in [0.25, 0.3) is 0 Å². The molecule has 0 aromatic heterocycles. The van der Waals surface area contributed by atoms with Crippen LogP contribution < -0.4 is 10.2 Å². The van der Waals surface area contributed by atoms with Crippen LogP contribution in [0.4, 0.5) is 10.5 Å². The number of benzene rings is 1. The van der Waals surface area contributed by atoms with Gasteiger partial charge in [0.2, 0.25) is 0 Å². The van der Waals surface area contributed by atoms with Gasteiger partial charge in [0.05, 0.1) is 0 Å². The van der Waals surface area contributed by atoms with Crippen LogP contribution in [-0.2, 0) is 0 Å². The fraction of sp³-hybridized carbons (Fsp3) is 0.650. The normalized spacial score (nSPS) is 19.9. The Hall–Kier alpha value is -1.71. The number of nitrogens with one attached hydrogen (secondary N) is 1. The lowest BCUT2D eigenvalue weighted by Crippen LogP contribution is -2.53. The van der Waals surface area contributed by atoms with Crippen LogP contribution in [-0.4, -0.2) is 43.2 Å². The first kappa shape index (κ1) is 17.1. The van der Waals surface area contributed by atoms with Gasteiger partial charge >= 0.3 is 6.03 Å². The maximum absolute atomic E-state index is 12.5. The highest BCUT2D eigenvalue weighted by Crippen LogP contribution is 2.21. The Morgan fingerprint density at radius 3 is 2.08 bits per heavy atom. The molecule has 132 valence electrons. The van der Waals surface area contributed by atoms with Crippen molar-refractivity contribution in [1.29, 1.82) is 0 Å². The molecule has 2 amide bonds. The molecular weight excluding hydrogens is 298 g/mol. The summed E-state index contributed by atoms with van der Waals surface area (Å²) in [5.74, 6) is 0. The van der Waals surface area contributed by atoms with Crippen molar-refractivity contribution >= 4 is 11.7 Å². The van der Waals surface area contributed by atoms with Gasteiger partial charge in [-0.1, -0.05) is 31.7 Å². The van der Waals surface area contributed by atoms with E-state index in [1.165, 1.54) is 42.5 Å². The van der Waals surface area contributed by atoms with Crippen molar-refractivity contribution in [2.75, 3.05) is 31.1 Å².